The van der Waals surface area contributed by atoms with Gasteiger partial charge in [-0.25, -0.2) is 4.98 Å². The summed E-state index contributed by atoms with van der Waals surface area (Å²) in [6.07, 6.45) is 3.36. The van der Waals surface area contributed by atoms with Crippen LogP contribution >= 0.6 is 0 Å². The minimum Gasteiger partial charge on any atom is -0.496 e. The van der Waals surface area contributed by atoms with Gasteiger partial charge in [0.05, 0.1) is 30.7 Å². The summed E-state index contributed by atoms with van der Waals surface area (Å²) in [4.78, 5) is 17.3. The van der Waals surface area contributed by atoms with Gasteiger partial charge in [0.15, 0.2) is 0 Å². The molecule has 4 aromatic rings. The van der Waals surface area contributed by atoms with E-state index in [0.717, 1.165) is 33.7 Å². The number of hydrogen-bond acceptors (Lipinski definition) is 3. The van der Waals surface area contributed by atoms with Crippen molar-refractivity contribution in [2.75, 3.05) is 7.11 Å². The van der Waals surface area contributed by atoms with Crippen LogP contribution < -0.4 is 10.1 Å². The van der Waals surface area contributed by atoms with Crippen molar-refractivity contribution in [3.05, 3.63) is 102 Å². The maximum atomic E-state index is 12.5. The highest BCUT2D eigenvalue weighted by Gasteiger charge is 2.18. The van der Waals surface area contributed by atoms with Gasteiger partial charge in [-0.15, -0.1) is 0 Å². The first-order valence-electron chi connectivity index (χ1n) is 10.3. The van der Waals surface area contributed by atoms with Crippen molar-refractivity contribution >= 4 is 23.0 Å². The highest BCUT2D eigenvalue weighted by Crippen LogP contribution is 2.25. The van der Waals surface area contributed by atoms with Gasteiger partial charge >= 0.3 is 0 Å². The van der Waals surface area contributed by atoms with Crippen LogP contribution in [0.4, 0.5) is 0 Å². The number of aromatic nitrogens is 2. The van der Waals surface area contributed by atoms with Crippen LogP contribution in [0.5, 0.6) is 5.75 Å². The van der Waals surface area contributed by atoms with E-state index in [9.17, 15) is 4.79 Å². The molecule has 0 bridgehead atoms. The standard InChI is InChI=1S/C26H25N3O2/c1-19(27-25(30)17-16-20-10-4-3-5-11-20)26-28-22-13-7-8-14-23(22)29(26)18-21-12-6-9-15-24(21)31-2/h3-17,19H,18H2,1-2H3,(H,27,30)/b17-16-. The van der Waals surface area contributed by atoms with Crippen LogP contribution in [0.3, 0.4) is 0 Å². The number of rotatable bonds is 7. The summed E-state index contributed by atoms with van der Waals surface area (Å²) < 4.78 is 7.67. The number of ether oxygens (including phenoxy) is 1. The highest BCUT2D eigenvalue weighted by atomic mass is 16.5. The molecule has 1 atom stereocenters. The van der Waals surface area contributed by atoms with E-state index in [4.69, 9.17) is 9.72 Å². The molecule has 156 valence electrons. The zero-order valence-electron chi connectivity index (χ0n) is 17.7. The van der Waals surface area contributed by atoms with Crippen molar-refractivity contribution in [3.8, 4) is 5.75 Å². The van der Waals surface area contributed by atoms with Gasteiger partial charge in [-0.3, -0.25) is 4.79 Å². The van der Waals surface area contributed by atoms with Gasteiger partial charge in [0, 0.05) is 11.6 Å². The van der Waals surface area contributed by atoms with Crippen molar-refractivity contribution in [2.24, 2.45) is 0 Å². The maximum absolute atomic E-state index is 12.5. The number of methoxy groups -OCH3 is 1. The first-order valence-corrected chi connectivity index (χ1v) is 10.3. The summed E-state index contributed by atoms with van der Waals surface area (Å²) in [5, 5.41) is 3.04. The first kappa shape index (κ1) is 20.4. The number of nitrogens with zero attached hydrogens (tertiary/aromatic N) is 2. The Kier molecular flexibility index (Phi) is 6.13. The zero-order valence-corrected chi connectivity index (χ0v) is 17.7. The molecule has 0 aliphatic carbocycles. The number of fused-ring (bicyclic) bond motifs is 1. The smallest absolute Gasteiger partial charge is 0.244 e. The number of para-hydroxylation sites is 3. The molecular weight excluding hydrogens is 386 g/mol. The summed E-state index contributed by atoms with van der Waals surface area (Å²) in [6.45, 7) is 2.55. The van der Waals surface area contributed by atoms with Crippen LogP contribution in [0, 0.1) is 0 Å². The molecule has 3 aromatic carbocycles. The fourth-order valence-corrected chi connectivity index (χ4v) is 3.66. The monoisotopic (exact) mass is 411 g/mol. The molecule has 1 heterocycles. The topological polar surface area (TPSA) is 56.1 Å². The van der Waals surface area contributed by atoms with E-state index < -0.39 is 0 Å². The van der Waals surface area contributed by atoms with Crippen LogP contribution in [-0.4, -0.2) is 22.6 Å². The second kappa shape index (κ2) is 9.30. The molecule has 1 aromatic heterocycles. The Labute approximate surface area is 182 Å². The number of amides is 1. The molecule has 0 radical (unpaired) electrons. The molecule has 31 heavy (non-hydrogen) atoms. The van der Waals surface area contributed by atoms with Gasteiger partial charge in [0.1, 0.15) is 11.6 Å². The van der Waals surface area contributed by atoms with Gasteiger partial charge in [0.2, 0.25) is 5.91 Å². The molecular formula is C26H25N3O2. The van der Waals surface area contributed by atoms with Crippen LogP contribution in [0.1, 0.15) is 29.9 Å². The van der Waals surface area contributed by atoms with E-state index >= 15 is 0 Å². The second-order valence-electron chi connectivity index (χ2n) is 7.33. The molecule has 4 rings (SSSR count). The number of hydrogen-bond donors (Lipinski definition) is 1. The molecule has 0 fully saturated rings. The summed E-state index contributed by atoms with van der Waals surface area (Å²) in [6, 6.07) is 25.4. The molecule has 5 nitrogen and oxygen atoms in total. The molecule has 0 saturated carbocycles. The molecule has 0 spiro atoms. The number of nitrogens with one attached hydrogen (secondary N) is 1. The molecule has 1 N–H and O–H groups in total. The Bertz CT molecular complexity index is 1210. The fraction of sp³-hybridized carbons (Fsp3) is 0.154. The number of benzene rings is 3. The van der Waals surface area contributed by atoms with E-state index in [0.29, 0.717) is 6.54 Å². The average Bonchev–Trinajstić information content (AvgIpc) is 3.17. The van der Waals surface area contributed by atoms with Crippen molar-refractivity contribution in [3.63, 3.8) is 0 Å². The third kappa shape index (κ3) is 4.67. The Morgan fingerprint density at radius 3 is 2.55 bits per heavy atom. The predicted molar refractivity (Wildman–Crippen MR) is 124 cm³/mol. The Morgan fingerprint density at radius 2 is 1.74 bits per heavy atom. The summed E-state index contributed by atoms with van der Waals surface area (Å²) in [5.74, 6) is 1.47. The second-order valence-corrected chi connectivity index (χ2v) is 7.33. The quantitative estimate of drug-likeness (QED) is 0.436. The summed E-state index contributed by atoms with van der Waals surface area (Å²) >= 11 is 0. The molecule has 1 unspecified atom stereocenters. The number of carbonyl (C=O) groups is 1. The van der Waals surface area contributed by atoms with Gasteiger partial charge in [-0.2, -0.15) is 0 Å². The SMILES string of the molecule is COc1ccccc1Cn1c(C(C)NC(=O)/C=C\c2ccccc2)nc2ccccc21. The number of carbonyl (C=O) groups excluding carboxylic acids is 1. The van der Waals surface area contributed by atoms with Crippen molar-refractivity contribution < 1.29 is 9.53 Å². The summed E-state index contributed by atoms with van der Waals surface area (Å²) in [7, 11) is 1.67. The van der Waals surface area contributed by atoms with Crippen molar-refractivity contribution in [1.82, 2.24) is 14.9 Å². The van der Waals surface area contributed by atoms with Crippen molar-refractivity contribution in [2.45, 2.75) is 19.5 Å². The fourth-order valence-electron chi connectivity index (χ4n) is 3.66. The van der Waals surface area contributed by atoms with Crippen LogP contribution in [-0.2, 0) is 11.3 Å². The zero-order chi connectivity index (χ0) is 21.6. The Morgan fingerprint density at radius 1 is 1.03 bits per heavy atom. The molecule has 0 aliphatic rings. The van der Waals surface area contributed by atoms with Crippen LogP contribution in [0.2, 0.25) is 0 Å². The van der Waals surface area contributed by atoms with E-state index in [1.807, 2.05) is 85.8 Å². The summed E-state index contributed by atoms with van der Waals surface area (Å²) in [5.41, 5.74) is 3.95. The van der Waals surface area contributed by atoms with Crippen LogP contribution in [0.25, 0.3) is 17.1 Å². The lowest BCUT2D eigenvalue weighted by Crippen LogP contribution is -2.27. The Balaban J connectivity index is 1.61. The van der Waals surface area contributed by atoms with E-state index in [-0.39, 0.29) is 11.9 Å². The van der Waals surface area contributed by atoms with E-state index in [2.05, 4.69) is 9.88 Å². The normalized spacial score (nSPS) is 12.2. The lowest BCUT2D eigenvalue weighted by molar-refractivity contribution is -0.117. The van der Waals surface area contributed by atoms with Gasteiger partial charge in [0.25, 0.3) is 0 Å². The maximum Gasteiger partial charge on any atom is 0.244 e. The van der Waals surface area contributed by atoms with Crippen molar-refractivity contribution in [1.29, 1.82) is 0 Å². The lowest BCUT2D eigenvalue weighted by atomic mass is 10.2. The van der Waals surface area contributed by atoms with E-state index in [1.165, 1.54) is 0 Å². The van der Waals surface area contributed by atoms with Gasteiger partial charge < -0.3 is 14.6 Å². The van der Waals surface area contributed by atoms with Gasteiger partial charge in [-0.05, 0) is 36.8 Å². The first-order chi connectivity index (χ1) is 15.2. The molecule has 1 amide bonds. The Hall–Kier alpha value is -3.86. The highest BCUT2D eigenvalue weighted by molar-refractivity contribution is 5.92. The minimum absolute atomic E-state index is 0.160. The third-order valence-electron chi connectivity index (χ3n) is 5.18. The minimum atomic E-state index is -0.268. The van der Waals surface area contributed by atoms with Gasteiger partial charge in [-0.1, -0.05) is 60.7 Å². The third-order valence-corrected chi connectivity index (χ3v) is 5.18. The average molecular weight is 412 g/mol. The molecule has 0 aliphatic heterocycles. The molecule has 5 heteroatoms. The van der Waals surface area contributed by atoms with Crippen LogP contribution in [0.15, 0.2) is 84.9 Å². The predicted octanol–water partition coefficient (Wildman–Crippen LogP) is 4.98. The van der Waals surface area contributed by atoms with E-state index in [1.54, 1.807) is 19.3 Å². The lowest BCUT2D eigenvalue weighted by Gasteiger charge is -2.17. The number of imidazole rings is 1. The largest absolute Gasteiger partial charge is 0.496 e. The molecule has 0 saturated heterocycles.